The molecule has 0 saturated heterocycles. The van der Waals surface area contributed by atoms with Crippen LogP contribution in [0.15, 0.2) is 32.4 Å². The Kier molecular flexibility index (Phi) is 10.1. The van der Waals surface area contributed by atoms with Gasteiger partial charge in [0.1, 0.15) is 5.84 Å². The lowest BCUT2D eigenvalue weighted by Gasteiger charge is -2.28. The highest BCUT2D eigenvalue weighted by Crippen LogP contribution is 2.32. The molecule has 130 valence electrons. The van der Waals surface area contributed by atoms with Crippen molar-refractivity contribution >= 4 is 28.5 Å². The van der Waals surface area contributed by atoms with E-state index in [1.54, 1.807) is 0 Å². The zero-order valence-electron chi connectivity index (χ0n) is 14.8. The number of allylic oxidation sites excluding steroid dienone is 1. The Hall–Kier alpha value is -0.940. The molecule has 0 saturated carbocycles. The van der Waals surface area contributed by atoms with Crippen LogP contribution in [0.5, 0.6) is 0 Å². The van der Waals surface area contributed by atoms with E-state index >= 15 is 0 Å². The minimum Gasteiger partial charge on any atom is -0.359 e. The molecule has 0 aromatic carbocycles. The van der Waals surface area contributed by atoms with Crippen LogP contribution in [0.25, 0.3) is 0 Å². The van der Waals surface area contributed by atoms with Gasteiger partial charge < -0.3 is 10.2 Å². The Morgan fingerprint density at radius 1 is 1.26 bits per heavy atom. The Bertz CT molecular complexity index is 454. The maximum atomic E-state index is 4.79. The molecular weight excluding hydrogens is 352 g/mol. The quantitative estimate of drug-likeness (QED) is 0.426. The standard InChI is InChI=1S/C18H31BrN4/c1-5-11-21-12-8-14-23(13-6-2)18-15(7-3)16(9-10-19)17(20-4)22-18/h9-10,15,21H,4-8,11-14H2,1-3H3/b10-9+. The van der Waals surface area contributed by atoms with E-state index in [-0.39, 0.29) is 0 Å². The van der Waals surface area contributed by atoms with Gasteiger partial charge >= 0.3 is 0 Å². The summed E-state index contributed by atoms with van der Waals surface area (Å²) in [5, 5.41) is 3.47. The number of hydrogen-bond donors (Lipinski definition) is 1. The lowest BCUT2D eigenvalue weighted by atomic mass is 9.96. The maximum Gasteiger partial charge on any atom is 0.157 e. The first-order valence-electron chi connectivity index (χ1n) is 8.75. The van der Waals surface area contributed by atoms with E-state index in [0.717, 1.165) is 57.1 Å². The average molecular weight is 383 g/mol. The summed E-state index contributed by atoms with van der Waals surface area (Å²) in [5.41, 5.74) is 1.17. The topological polar surface area (TPSA) is 40.0 Å². The van der Waals surface area contributed by atoms with Crippen LogP contribution in [-0.4, -0.2) is 43.6 Å². The summed E-state index contributed by atoms with van der Waals surface area (Å²) in [7, 11) is 0. The first-order chi connectivity index (χ1) is 11.2. The third-order valence-electron chi connectivity index (χ3n) is 3.99. The third kappa shape index (κ3) is 5.88. The summed E-state index contributed by atoms with van der Waals surface area (Å²) in [5.74, 6) is 2.25. The Morgan fingerprint density at radius 2 is 2.04 bits per heavy atom. The molecule has 0 radical (unpaired) electrons. The molecule has 1 unspecified atom stereocenters. The first kappa shape index (κ1) is 20.1. The zero-order valence-corrected chi connectivity index (χ0v) is 16.4. The monoisotopic (exact) mass is 382 g/mol. The number of aliphatic imine (C=N–C) groups is 2. The van der Waals surface area contributed by atoms with Gasteiger partial charge in [-0.25, -0.2) is 9.98 Å². The van der Waals surface area contributed by atoms with Crippen LogP contribution in [0.4, 0.5) is 0 Å². The second-order valence-electron chi connectivity index (χ2n) is 5.75. The lowest BCUT2D eigenvalue weighted by molar-refractivity contribution is 0.388. The van der Waals surface area contributed by atoms with Crippen LogP contribution >= 0.6 is 15.9 Å². The number of nitrogens with one attached hydrogen (secondary N) is 1. The van der Waals surface area contributed by atoms with Gasteiger partial charge in [-0.1, -0.05) is 36.7 Å². The van der Waals surface area contributed by atoms with Gasteiger partial charge in [-0.15, -0.1) is 0 Å². The summed E-state index contributed by atoms with van der Waals surface area (Å²) in [6.07, 6.45) is 6.53. The molecule has 1 N–H and O–H groups in total. The molecule has 0 bridgehead atoms. The van der Waals surface area contributed by atoms with Crippen LogP contribution in [0, 0.1) is 5.92 Å². The molecule has 4 nitrogen and oxygen atoms in total. The Labute approximate surface area is 150 Å². The zero-order chi connectivity index (χ0) is 17.1. The molecule has 1 rings (SSSR count). The van der Waals surface area contributed by atoms with E-state index in [1.165, 1.54) is 12.0 Å². The second kappa shape index (κ2) is 11.6. The molecule has 5 heteroatoms. The van der Waals surface area contributed by atoms with E-state index in [2.05, 4.69) is 64.7 Å². The predicted octanol–water partition coefficient (Wildman–Crippen LogP) is 4.35. The van der Waals surface area contributed by atoms with Gasteiger partial charge in [0.15, 0.2) is 5.82 Å². The smallest absolute Gasteiger partial charge is 0.157 e. The van der Waals surface area contributed by atoms with Crippen molar-refractivity contribution in [3.8, 4) is 0 Å². The van der Waals surface area contributed by atoms with E-state index in [0.29, 0.717) is 5.92 Å². The molecule has 1 aliphatic heterocycles. The Balaban J connectivity index is 2.79. The molecule has 0 amide bonds. The molecule has 23 heavy (non-hydrogen) atoms. The summed E-state index contributed by atoms with van der Waals surface area (Å²) in [4.78, 5) is 13.2. The van der Waals surface area contributed by atoms with Gasteiger partial charge in [0.25, 0.3) is 0 Å². The van der Waals surface area contributed by atoms with Crippen molar-refractivity contribution < 1.29 is 0 Å². The van der Waals surface area contributed by atoms with Crippen molar-refractivity contribution in [2.75, 3.05) is 26.2 Å². The van der Waals surface area contributed by atoms with Crippen molar-refractivity contribution in [1.82, 2.24) is 10.2 Å². The van der Waals surface area contributed by atoms with Gasteiger partial charge in [0, 0.05) is 24.6 Å². The Morgan fingerprint density at radius 3 is 2.61 bits per heavy atom. The predicted molar refractivity (Wildman–Crippen MR) is 105 cm³/mol. The van der Waals surface area contributed by atoms with Crippen molar-refractivity contribution in [3.63, 3.8) is 0 Å². The van der Waals surface area contributed by atoms with Crippen LogP contribution in [-0.2, 0) is 0 Å². The van der Waals surface area contributed by atoms with Crippen LogP contribution in [0.2, 0.25) is 0 Å². The van der Waals surface area contributed by atoms with Crippen molar-refractivity contribution in [2.45, 2.75) is 46.5 Å². The molecule has 1 aliphatic rings. The molecule has 0 aromatic rings. The fourth-order valence-corrected chi connectivity index (χ4v) is 3.22. The molecule has 0 fully saturated rings. The summed E-state index contributed by atoms with van der Waals surface area (Å²) < 4.78 is 0. The largest absolute Gasteiger partial charge is 0.359 e. The average Bonchev–Trinajstić information content (AvgIpc) is 2.91. The van der Waals surface area contributed by atoms with Crippen LogP contribution < -0.4 is 5.32 Å². The highest BCUT2D eigenvalue weighted by atomic mass is 79.9. The molecule has 0 aromatic heterocycles. The fraction of sp³-hybridized carbons (Fsp3) is 0.667. The first-order valence-corrected chi connectivity index (χ1v) is 9.66. The molecule has 1 atom stereocenters. The van der Waals surface area contributed by atoms with Crippen molar-refractivity contribution in [2.24, 2.45) is 15.9 Å². The minimum atomic E-state index is 0.319. The molecular formula is C18H31BrN4. The van der Waals surface area contributed by atoms with E-state index in [9.17, 15) is 0 Å². The van der Waals surface area contributed by atoms with E-state index in [4.69, 9.17) is 4.99 Å². The number of halogens is 1. The normalized spacial score (nSPS) is 17.9. The van der Waals surface area contributed by atoms with Crippen LogP contribution in [0.3, 0.4) is 0 Å². The third-order valence-corrected chi connectivity index (χ3v) is 4.26. The number of hydrogen-bond acceptors (Lipinski definition) is 4. The second-order valence-corrected chi connectivity index (χ2v) is 6.28. The maximum absolute atomic E-state index is 4.79. The van der Waals surface area contributed by atoms with E-state index < -0.39 is 0 Å². The van der Waals surface area contributed by atoms with E-state index in [1.807, 2.05) is 4.99 Å². The van der Waals surface area contributed by atoms with Gasteiger partial charge in [0.2, 0.25) is 0 Å². The lowest BCUT2D eigenvalue weighted by Crippen LogP contribution is -2.37. The molecule has 1 heterocycles. The number of rotatable bonds is 11. The number of nitrogens with zero attached hydrogens (tertiary/aromatic N) is 3. The summed E-state index contributed by atoms with van der Waals surface area (Å²) >= 11 is 3.38. The van der Waals surface area contributed by atoms with Crippen molar-refractivity contribution in [3.05, 3.63) is 22.5 Å². The number of amidine groups is 1. The van der Waals surface area contributed by atoms with Crippen molar-refractivity contribution in [1.29, 1.82) is 0 Å². The molecule has 0 aliphatic carbocycles. The van der Waals surface area contributed by atoms with Crippen LogP contribution in [0.1, 0.15) is 46.5 Å². The molecule has 0 spiro atoms. The fourth-order valence-electron chi connectivity index (χ4n) is 2.93. The van der Waals surface area contributed by atoms with Gasteiger partial charge in [-0.2, -0.15) is 0 Å². The highest BCUT2D eigenvalue weighted by molar-refractivity contribution is 9.11. The SMILES string of the molecule is C=NC1=C(/C=C/Br)C(CC)C(N(CCC)CCCNCCC)=N1. The summed E-state index contributed by atoms with van der Waals surface area (Å²) in [6.45, 7) is 14.6. The summed E-state index contributed by atoms with van der Waals surface area (Å²) in [6, 6.07) is 0. The van der Waals surface area contributed by atoms with Gasteiger partial charge in [-0.3, -0.25) is 0 Å². The minimum absolute atomic E-state index is 0.319. The van der Waals surface area contributed by atoms with Gasteiger partial charge in [0.05, 0.1) is 0 Å². The highest BCUT2D eigenvalue weighted by Gasteiger charge is 2.30. The van der Waals surface area contributed by atoms with Gasteiger partial charge in [-0.05, 0) is 56.6 Å².